The first-order valence-electron chi connectivity index (χ1n) is 7.79. The number of hydrogen-bond acceptors (Lipinski definition) is 4. The Hall–Kier alpha value is -1.92. The Bertz CT molecular complexity index is 588. The molecule has 2 N–H and O–H groups in total. The molecule has 0 spiro atoms. The second-order valence-corrected chi connectivity index (χ2v) is 6.06. The van der Waals surface area contributed by atoms with Crippen molar-refractivity contribution in [2.75, 3.05) is 33.4 Å². The third-order valence-corrected chi connectivity index (χ3v) is 4.24. The van der Waals surface area contributed by atoms with Gasteiger partial charge in [0, 0.05) is 26.7 Å². The molecule has 1 heterocycles. The van der Waals surface area contributed by atoms with E-state index < -0.39 is 6.04 Å². The van der Waals surface area contributed by atoms with Gasteiger partial charge in [-0.3, -0.25) is 9.59 Å². The molecule has 1 aliphatic heterocycles. The van der Waals surface area contributed by atoms with Crippen molar-refractivity contribution < 1.29 is 14.3 Å². The number of ether oxygens (including phenoxy) is 1. The Morgan fingerprint density at radius 2 is 2.04 bits per heavy atom. The maximum absolute atomic E-state index is 12.3. The maximum Gasteiger partial charge on any atom is 0.242 e. The van der Waals surface area contributed by atoms with E-state index in [0.29, 0.717) is 19.6 Å². The standard InChI is InChI=1S/C17H25N3O3/c1-12-4-5-14(8-13(12)2)9-19-6-7-20(10-16(19)21)17(22)15(18)11-23-3/h4-5,8,15H,6-7,9-11,18H2,1-3H3/t15-/m1/s1. The molecular weight excluding hydrogens is 294 g/mol. The van der Waals surface area contributed by atoms with Gasteiger partial charge in [0.05, 0.1) is 13.2 Å². The molecular formula is C17H25N3O3. The third kappa shape index (κ3) is 4.30. The number of piperazine rings is 1. The molecule has 23 heavy (non-hydrogen) atoms. The summed E-state index contributed by atoms with van der Waals surface area (Å²) in [5.74, 6) is -0.279. The quantitative estimate of drug-likeness (QED) is 0.855. The molecule has 1 aliphatic rings. The van der Waals surface area contributed by atoms with E-state index in [-0.39, 0.29) is 25.0 Å². The SMILES string of the molecule is COC[C@@H](N)C(=O)N1CCN(Cc2ccc(C)c(C)c2)C(=O)C1. The van der Waals surface area contributed by atoms with E-state index in [1.165, 1.54) is 23.1 Å². The van der Waals surface area contributed by atoms with Gasteiger partial charge in [-0.2, -0.15) is 0 Å². The molecule has 0 radical (unpaired) electrons. The van der Waals surface area contributed by atoms with Crippen molar-refractivity contribution >= 4 is 11.8 Å². The molecule has 1 atom stereocenters. The van der Waals surface area contributed by atoms with E-state index in [1.54, 1.807) is 4.90 Å². The highest BCUT2D eigenvalue weighted by molar-refractivity contribution is 5.88. The van der Waals surface area contributed by atoms with Crippen molar-refractivity contribution in [1.29, 1.82) is 0 Å². The summed E-state index contributed by atoms with van der Waals surface area (Å²) in [6.45, 7) is 5.99. The number of carbonyl (C=O) groups excluding carboxylic acids is 2. The fourth-order valence-electron chi connectivity index (χ4n) is 2.67. The molecule has 0 aromatic heterocycles. The second kappa shape index (κ2) is 7.57. The number of nitrogens with two attached hydrogens (primary N) is 1. The van der Waals surface area contributed by atoms with Gasteiger partial charge in [0.2, 0.25) is 11.8 Å². The van der Waals surface area contributed by atoms with Crippen molar-refractivity contribution in [3.63, 3.8) is 0 Å². The van der Waals surface area contributed by atoms with Gasteiger partial charge in [-0.1, -0.05) is 18.2 Å². The van der Waals surface area contributed by atoms with Crippen LogP contribution < -0.4 is 5.73 Å². The van der Waals surface area contributed by atoms with E-state index >= 15 is 0 Å². The van der Waals surface area contributed by atoms with Gasteiger partial charge in [0.25, 0.3) is 0 Å². The molecule has 6 heteroatoms. The van der Waals surface area contributed by atoms with Crippen LogP contribution in [0.1, 0.15) is 16.7 Å². The average molecular weight is 319 g/mol. The maximum atomic E-state index is 12.3. The minimum absolute atomic E-state index is 0.0487. The molecule has 0 unspecified atom stereocenters. The number of carbonyl (C=O) groups is 2. The zero-order valence-corrected chi connectivity index (χ0v) is 14.0. The number of hydrogen-bond donors (Lipinski definition) is 1. The van der Waals surface area contributed by atoms with Gasteiger partial charge in [-0.25, -0.2) is 0 Å². The molecule has 6 nitrogen and oxygen atoms in total. The zero-order valence-electron chi connectivity index (χ0n) is 14.0. The molecule has 2 amide bonds. The number of aryl methyl sites for hydroxylation is 2. The molecule has 0 bridgehead atoms. The van der Waals surface area contributed by atoms with Crippen LogP contribution in [0.2, 0.25) is 0 Å². The fourth-order valence-corrected chi connectivity index (χ4v) is 2.67. The number of nitrogens with zero attached hydrogens (tertiary/aromatic N) is 2. The molecule has 1 saturated heterocycles. The van der Waals surface area contributed by atoms with Crippen LogP contribution in [0.25, 0.3) is 0 Å². The first kappa shape index (κ1) is 17.4. The van der Waals surface area contributed by atoms with Crippen molar-refractivity contribution in [3.05, 3.63) is 34.9 Å². The number of methoxy groups -OCH3 is 1. The first-order valence-corrected chi connectivity index (χ1v) is 7.79. The Balaban J connectivity index is 1.95. The average Bonchev–Trinajstić information content (AvgIpc) is 2.52. The molecule has 126 valence electrons. The van der Waals surface area contributed by atoms with Gasteiger partial charge >= 0.3 is 0 Å². The largest absolute Gasteiger partial charge is 0.383 e. The highest BCUT2D eigenvalue weighted by Crippen LogP contribution is 2.14. The zero-order chi connectivity index (χ0) is 17.0. The van der Waals surface area contributed by atoms with Crippen LogP contribution in [0.4, 0.5) is 0 Å². The minimum Gasteiger partial charge on any atom is -0.383 e. The normalized spacial score (nSPS) is 16.6. The summed E-state index contributed by atoms with van der Waals surface area (Å²) in [5.41, 5.74) is 9.32. The lowest BCUT2D eigenvalue weighted by atomic mass is 10.1. The van der Waals surface area contributed by atoms with Crippen LogP contribution in [0.3, 0.4) is 0 Å². The second-order valence-electron chi connectivity index (χ2n) is 6.06. The monoisotopic (exact) mass is 319 g/mol. The van der Waals surface area contributed by atoms with Crippen molar-refractivity contribution in [1.82, 2.24) is 9.80 Å². The van der Waals surface area contributed by atoms with Gasteiger partial charge in [0.15, 0.2) is 0 Å². The van der Waals surface area contributed by atoms with Gasteiger partial charge in [-0.05, 0) is 30.5 Å². The summed E-state index contributed by atoms with van der Waals surface area (Å²) in [4.78, 5) is 27.7. The summed E-state index contributed by atoms with van der Waals surface area (Å²) in [6, 6.07) is 5.51. The van der Waals surface area contributed by atoms with Crippen LogP contribution >= 0.6 is 0 Å². The number of benzene rings is 1. The summed E-state index contributed by atoms with van der Waals surface area (Å²) in [5, 5.41) is 0. The predicted octanol–water partition coefficient (Wildman–Crippen LogP) is 0.448. The van der Waals surface area contributed by atoms with E-state index in [1.807, 2.05) is 6.07 Å². The van der Waals surface area contributed by atoms with Crippen LogP contribution in [-0.2, 0) is 20.9 Å². The molecule has 1 fully saturated rings. The van der Waals surface area contributed by atoms with E-state index in [9.17, 15) is 9.59 Å². The fraction of sp³-hybridized carbons (Fsp3) is 0.529. The summed E-state index contributed by atoms with van der Waals surface area (Å²) < 4.78 is 4.90. The van der Waals surface area contributed by atoms with Gasteiger partial charge in [0.1, 0.15) is 6.04 Å². The van der Waals surface area contributed by atoms with Crippen molar-refractivity contribution in [2.45, 2.75) is 26.4 Å². The first-order chi connectivity index (χ1) is 10.9. The van der Waals surface area contributed by atoms with E-state index in [0.717, 1.165) is 5.56 Å². The van der Waals surface area contributed by atoms with Crippen molar-refractivity contribution in [3.8, 4) is 0 Å². The molecule has 1 aromatic carbocycles. The third-order valence-electron chi connectivity index (χ3n) is 4.24. The Kier molecular flexibility index (Phi) is 5.74. The Morgan fingerprint density at radius 1 is 1.30 bits per heavy atom. The lowest BCUT2D eigenvalue weighted by Gasteiger charge is -2.35. The van der Waals surface area contributed by atoms with Crippen LogP contribution in [0, 0.1) is 13.8 Å². The number of rotatable bonds is 5. The Labute approximate surface area is 137 Å². The summed E-state index contributed by atoms with van der Waals surface area (Å²) in [7, 11) is 1.50. The van der Waals surface area contributed by atoms with Crippen LogP contribution in [0.15, 0.2) is 18.2 Å². The lowest BCUT2D eigenvalue weighted by molar-refractivity contribution is -0.147. The molecule has 1 aromatic rings. The smallest absolute Gasteiger partial charge is 0.242 e. The Morgan fingerprint density at radius 3 is 2.65 bits per heavy atom. The highest BCUT2D eigenvalue weighted by Gasteiger charge is 2.29. The van der Waals surface area contributed by atoms with Crippen LogP contribution in [0.5, 0.6) is 0 Å². The van der Waals surface area contributed by atoms with E-state index in [2.05, 4.69) is 26.0 Å². The minimum atomic E-state index is -0.709. The van der Waals surface area contributed by atoms with Crippen molar-refractivity contribution in [2.24, 2.45) is 5.73 Å². The lowest BCUT2D eigenvalue weighted by Crippen LogP contribution is -2.56. The summed E-state index contributed by atoms with van der Waals surface area (Å²) >= 11 is 0. The predicted molar refractivity (Wildman–Crippen MR) is 87.8 cm³/mol. The van der Waals surface area contributed by atoms with E-state index in [4.69, 9.17) is 10.5 Å². The summed E-state index contributed by atoms with van der Waals surface area (Å²) in [6.07, 6.45) is 0. The van der Waals surface area contributed by atoms with Gasteiger partial charge < -0.3 is 20.3 Å². The number of amides is 2. The highest BCUT2D eigenvalue weighted by atomic mass is 16.5. The van der Waals surface area contributed by atoms with Gasteiger partial charge in [-0.15, -0.1) is 0 Å². The molecule has 0 saturated carbocycles. The molecule has 0 aliphatic carbocycles. The topological polar surface area (TPSA) is 75.9 Å². The van der Waals surface area contributed by atoms with Crippen LogP contribution in [-0.4, -0.2) is 61.0 Å². The molecule has 2 rings (SSSR count).